The molecule has 3 amide bonds. The summed E-state index contributed by atoms with van der Waals surface area (Å²) < 4.78 is 0. The van der Waals surface area contributed by atoms with Gasteiger partial charge in [0.2, 0.25) is 5.91 Å². The molecule has 0 saturated carbocycles. The molecule has 0 unspecified atom stereocenters. The first-order chi connectivity index (χ1) is 10.9. The minimum Gasteiger partial charge on any atom is -0.378 e. The Bertz CT molecular complexity index is 500. The Morgan fingerprint density at radius 1 is 1.13 bits per heavy atom. The summed E-state index contributed by atoms with van der Waals surface area (Å²) in [6.07, 6.45) is 1.99. The fourth-order valence-corrected chi connectivity index (χ4v) is 2.27. The van der Waals surface area contributed by atoms with Crippen LogP contribution in [0.4, 0.5) is 10.5 Å². The summed E-state index contributed by atoms with van der Waals surface area (Å²) in [5.74, 6) is 0.142. The molecule has 0 fully saturated rings. The Balaban J connectivity index is 2.42. The molecule has 0 aliphatic rings. The van der Waals surface area contributed by atoms with Crippen LogP contribution in [0.3, 0.4) is 0 Å². The third-order valence-corrected chi connectivity index (χ3v) is 3.68. The summed E-state index contributed by atoms with van der Waals surface area (Å²) in [5, 5.41) is 2.53. The van der Waals surface area contributed by atoms with Crippen molar-refractivity contribution in [2.45, 2.75) is 32.7 Å². The van der Waals surface area contributed by atoms with Crippen molar-refractivity contribution >= 4 is 17.6 Å². The second-order valence-electron chi connectivity index (χ2n) is 5.72. The van der Waals surface area contributed by atoms with Crippen LogP contribution in [0.2, 0.25) is 0 Å². The van der Waals surface area contributed by atoms with E-state index in [1.165, 1.54) is 0 Å². The molecule has 0 aliphatic heterocycles. The lowest BCUT2D eigenvalue weighted by molar-refractivity contribution is -0.131. The normalized spacial score (nSPS) is 10.2. The number of hydrogen-bond acceptors (Lipinski definition) is 3. The molecule has 6 heteroatoms. The minimum atomic E-state index is -0.521. The summed E-state index contributed by atoms with van der Waals surface area (Å²) in [6, 6.07) is 7.71. The highest BCUT2D eigenvalue weighted by molar-refractivity contribution is 5.76. The van der Waals surface area contributed by atoms with Crippen molar-refractivity contribution in [1.82, 2.24) is 10.2 Å². The van der Waals surface area contributed by atoms with Crippen molar-refractivity contribution in [3.8, 4) is 0 Å². The van der Waals surface area contributed by atoms with Gasteiger partial charge < -0.3 is 20.9 Å². The summed E-state index contributed by atoms with van der Waals surface area (Å²) in [5.41, 5.74) is 7.26. The van der Waals surface area contributed by atoms with Crippen molar-refractivity contribution in [2.24, 2.45) is 5.73 Å². The molecule has 128 valence electrons. The molecule has 0 bridgehead atoms. The zero-order chi connectivity index (χ0) is 17.2. The summed E-state index contributed by atoms with van der Waals surface area (Å²) in [4.78, 5) is 26.7. The second kappa shape index (κ2) is 9.71. The number of hydrogen-bond donors (Lipinski definition) is 2. The zero-order valence-electron chi connectivity index (χ0n) is 14.3. The first-order valence-corrected chi connectivity index (χ1v) is 8.01. The Morgan fingerprint density at radius 2 is 1.78 bits per heavy atom. The molecular formula is C17H28N4O2. The highest BCUT2D eigenvalue weighted by Crippen LogP contribution is 2.14. The van der Waals surface area contributed by atoms with E-state index in [1.54, 1.807) is 0 Å². The molecule has 23 heavy (non-hydrogen) atoms. The molecule has 6 nitrogen and oxygen atoms in total. The number of nitrogens with one attached hydrogen (secondary N) is 1. The molecule has 0 atom stereocenters. The molecule has 0 aromatic heterocycles. The van der Waals surface area contributed by atoms with Crippen LogP contribution in [0, 0.1) is 0 Å². The van der Waals surface area contributed by atoms with Gasteiger partial charge in [-0.2, -0.15) is 0 Å². The van der Waals surface area contributed by atoms with E-state index >= 15 is 0 Å². The maximum atomic E-state index is 12.3. The van der Waals surface area contributed by atoms with Crippen LogP contribution < -0.4 is 16.0 Å². The summed E-state index contributed by atoms with van der Waals surface area (Å²) in [7, 11) is 4.01. The maximum absolute atomic E-state index is 12.3. The highest BCUT2D eigenvalue weighted by atomic mass is 16.2. The van der Waals surface area contributed by atoms with E-state index in [2.05, 4.69) is 29.6 Å². The first-order valence-electron chi connectivity index (χ1n) is 8.01. The van der Waals surface area contributed by atoms with Crippen molar-refractivity contribution in [2.75, 3.05) is 32.1 Å². The number of urea groups is 1. The number of unbranched alkanes of at least 4 members (excludes halogenated alkanes) is 1. The van der Waals surface area contributed by atoms with Gasteiger partial charge >= 0.3 is 6.03 Å². The smallest absolute Gasteiger partial charge is 0.312 e. The Morgan fingerprint density at radius 3 is 2.30 bits per heavy atom. The molecule has 0 aliphatic carbocycles. The van der Waals surface area contributed by atoms with Crippen molar-refractivity contribution in [1.29, 1.82) is 0 Å². The lowest BCUT2D eigenvalue weighted by atomic mass is 10.1. The Labute approximate surface area is 138 Å². The molecule has 0 radical (unpaired) electrons. The van der Waals surface area contributed by atoms with E-state index in [-0.39, 0.29) is 5.91 Å². The molecule has 1 aromatic carbocycles. The monoisotopic (exact) mass is 320 g/mol. The number of anilines is 1. The molecule has 0 saturated heterocycles. The van der Waals surface area contributed by atoms with Gasteiger partial charge in [0.1, 0.15) is 0 Å². The molecule has 0 heterocycles. The SMILES string of the molecule is CCN(Cc1ccc(N(C)C)cc1)C(=O)CCCCNC(N)=O. The van der Waals surface area contributed by atoms with Crippen LogP contribution in [0.25, 0.3) is 0 Å². The lowest BCUT2D eigenvalue weighted by Gasteiger charge is -2.21. The van der Waals surface area contributed by atoms with E-state index < -0.39 is 6.03 Å². The average molecular weight is 320 g/mol. The van der Waals surface area contributed by atoms with Crippen LogP contribution >= 0.6 is 0 Å². The second-order valence-corrected chi connectivity index (χ2v) is 5.72. The van der Waals surface area contributed by atoms with Gasteiger partial charge in [0.05, 0.1) is 0 Å². The number of carbonyl (C=O) groups excluding carboxylic acids is 2. The van der Waals surface area contributed by atoms with Crippen LogP contribution in [0.1, 0.15) is 31.7 Å². The van der Waals surface area contributed by atoms with Crippen LogP contribution in [-0.4, -0.2) is 44.0 Å². The minimum absolute atomic E-state index is 0.142. The lowest BCUT2D eigenvalue weighted by Crippen LogP contribution is -2.31. The van der Waals surface area contributed by atoms with E-state index in [0.717, 1.165) is 24.1 Å². The number of primary amides is 1. The fraction of sp³-hybridized carbons (Fsp3) is 0.529. The van der Waals surface area contributed by atoms with Gasteiger partial charge in [-0.1, -0.05) is 12.1 Å². The number of rotatable bonds is 9. The molecule has 3 N–H and O–H groups in total. The van der Waals surface area contributed by atoms with Crippen molar-refractivity contribution in [3.63, 3.8) is 0 Å². The van der Waals surface area contributed by atoms with E-state index in [1.807, 2.05) is 30.8 Å². The van der Waals surface area contributed by atoms with Gasteiger partial charge in [0.25, 0.3) is 0 Å². The predicted molar refractivity (Wildman–Crippen MR) is 93.3 cm³/mol. The first kappa shape index (κ1) is 18.8. The standard InChI is InChI=1S/C17H28N4O2/c1-4-21(16(22)7-5-6-12-19-17(18)23)13-14-8-10-15(11-9-14)20(2)3/h8-11H,4-7,12-13H2,1-3H3,(H3,18,19,23). The number of nitrogens with zero attached hydrogens (tertiary/aromatic N) is 2. The third kappa shape index (κ3) is 7.04. The van der Waals surface area contributed by atoms with Gasteiger partial charge in [-0.3, -0.25) is 4.79 Å². The van der Waals surface area contributed by atoms with Gasteiger partial charge in [-0.25, -0.2) is 4.79 Å². The topological polar surface area (TPSA) is 78.7 Å². The van der Waals surface area contributed by atoms with Gasteiger partial charge in [-0.15, -0.1) is 0 Å². The van der Waals surface area contributed by atoms with E-state index in [4.69, 9.17) is 5.73 Å². The zero-order valence-corrected chi connectivity index (χ0v) is 14.3. The van der Waals surface area contributed by atoms with Crippen LogP contribution in [0.5, 0.6) is 0 Å². The average Bonchev–Trinajstić information content (AvgIpc) is 2.52. The van der Waals surface area contributed by atoms with Crippen LogP contribution in [0.15, 0.2) is 24.3 Å². The number of amides is 3. The molecule has 1 rings (SSSR count). The quantitative estimate of drug-likeness (QED) is 0.683. The van der Waals surface area contributed by atoms with Gasteiger partial charge in [-0.05, 0) is 37.5 Å². The van der Waals surface area contributed by atoms with Crippen molar-refractivity contribution in [3.05, 3.63) is 29.8 Å². The van der Waals surface area contributed by atoms with E-state index in [0.29, 0.717) is 26.1 Å². The highest BCUT2D eigenvalue weighted by Gasteiger charge is 2.12. The molecular weight excluding hydrogens is 292 g/mol. The number of nitrogens with two attached hydrogens (primary N) is 1. The fourth-order valence-electron chi connectivity index (χ4n) is 2.27. The van der Waals surface area contributed by atoms with Crippen LogP contribution in [-0.2, 0) is 11.3 Å². The third-order valence-electron chi connectivity index (χ3n) is 3.68. The van der Waals surface area contributed by atoms with Gasteiger partial charge in [0, 0.05) is 45.8 Å². The number of benzene rings is 1. The predicted octanol–water partition coefficient (Wildman–Crippen LogP) is 1.94. The Kier molecular flexibility index (Phi) is 7.94. The summed E-state index contributed by atoms with van der Waals surface area (Å²) in [6.45, 7) is 3.82. The maximum Gasteiger partial charge on any atom is 0.312 e. The van der Waals surface area contributed by atoms with Crippen molar-refractivity contribution < 1.29 is 9.59 Å². The largest absolute Gasteiger partial charge is 0.378 e. The van der Waals surface area contributed by atoms with E-state index in [9.17, 15) is 9.59 Å². The molecule has 1 aromatic rings. The number of carbonyl (C=O) groups is 2. The Hall–Kier alpha value is -2.24. The summed E-state index contributed by atoms with van der Waals surface area (Å²) >= 11 is 0. The molecule has 0 spiro atoms. The van der Waals surface area contributed by atoms with Gasteiger partial charge in [0.15, 0.2) is 0 Å².